The Morgan fingerprint density at radius 3 is 2.96 bits per heavy atom. The molecule has 0 N–H and O–H groups in total. The first-order valence-corrected chi connectivity index (χ1v) is 8.17. The fraction of sp³-hybridized carbons (Fsp3) is 0.471. The van der Waals surface area contributed by atoms with Gasteiger partial charge in [-0.3, -0.25) is 9.88 Å². The van der Waals surface area contributed by atoms with Gasteiger partial charge in [-0.15, -0.1) is 0 Å². The second-order valence-electron chi connectivity index (χ2n) is 6.61. The van der Waals surface area contributed by atoms with Crippen molar-refractivity contribution in [1.82, 2.24) is 19.9 Å². The van der Waals surface area contributed by atoms with E-state index in [0.29, 0.717) is 13.1 Å². The Bertz CT molecular complexity index is 732. The summed E-state index contributed by atoms with van der Waals surface area (Å²) >= 11 is 0. The molecule has 24 heavy (non-hydrogen) atoms. The van der Waals surface area contributed by atoms with Crippen LogP contribution in [0.3, 0.4) is 0 Å². The molecule has 2 aromatic heterocycles. The standard InChI is InChI=1S/C17H20N4O3/c1-20-11-17(23-16(20)22)6-4-8-21(12-17)10-13-9-15(19-24-13)14-5-2-3-7-18-14/h2-3,5,7,9H,4,6,8,10-12H2,1H3. The van der Waals surface area contributed by atoms with Crippen molar-refractivity contribution in [3.63, 3.8) is 0 Å². The third kappa shape index (κ3) is 2.87. The normalized spacial score (nSPS) is 24.5. The van der Waals surface area contributed by atoms with E-state index in [-0.39, 0.29) is 11.7 Å². The second kappa shape index (κ2) is 5.90. The quantitative estimate of drug-likeness (QED) is 0.860. The van der Waals surface area contributed by atoms with Crippen LogP contribution in [0.25, 0.3) is 11.4 Å². The molecule has 0 bridgehead atoms. The van der Waals surface area contributed by atoms with Crippen molar-refractivity contribution in [2.24, 2.45) is 0 Å². The molecule has 1 spiro atoms. The fourth-order valence-electron chi connectivity index (χ4n) is 3.57. The van der Waals surface area contributed by atoms with Crippen molar-refractivity contribution in [2.45, 2.75) is 25.0 Å². The maximum atomic E-state index is 11.7. The van der Waals surface area contributed by atoms with Gasteiger partial charge in [0.05, 0.1) is 18.8 Å². The van der Waals surface area contributed by atoms with Crippen LogP contribution in [0.2, 0.25) is 0 Å². The lowest BCUT2D eigenvalue weighted by molar-refractivity contribution is -0.0134. The van der Waals surface area contributed by atoms with E-state index in [1.165, 1.54) is 0 Å². The van der Waals surface area contributed by atoms with Crippen molar-refractivity contribution in [3.8, 4) is 11.4 Å². The van der Waals surface area contributed by atoms with E-state index >= 15 is 0 Å². The molecule has 7 nitrogen and oxygen atoms in total. The number of carbonyl (C=O) groups excluding carboxylic acids is 1. The summed E-state index contributed by atoms with van der Waals surface area (Å²) in [4.78, 5) is 19.9. The number of amides is 1. The summed E-state index contributed by atoms with van der Waals surface area (Å²) in [7, 11) is 1.78. The minimum absolute atomic E-state index is 0.228. The van der Waals surface area contributed by atoms with Gasteiger partial charge in [0.15, 0.2) is 5.76 Å². The summed E-state index contributed by atoms with van der Waals surface area (Å²) in [5, 5.41) is 4.11. The minimum atomic E-state index is -0.381. The van der Waals surface area contributed by atoms with Crippen molar-refractivity contribution in [1.29, 1.82) is 0 Å². The lowest BCUT2D eigenvalue weighted by atomic mass is 9.93. The van der Waals surface area contributed by atoms with E-state index in [9.17, 15) is 4.79 Å². The monoisotopic (exact) mass is 328 g/mol. The Labute approximate surface area is 140 Å². The molecule has 0 aliphatic carbocycles. The number of nitrogens with zero attached hydrogens (tertiary/aromatic N) is 4. The smallest absolute Gasteiger partial charge is 0.410 e. The molecule has 0 saturated carbocycles. The predicted molar refractivity (Wildman–Crippen MR) is 86.1 cm³/mol. The molecular formula is C17H20N4O3. The highest BCUT2D eigenvalue weighted by atomic mass is 16.6. The van der Waals surface area contributed by atoms with Gasteiger partial charge in [-0.05, 0) is 31.5 Å². The lowest BCUT2D eigenvalue weighted by Crippen LogP contribution is -2.50. The maximum Gasteiger partial charge on any atom is 0.410 e. The Morgan fingerprint density at radius 2 is 2.21 bits per heavy atom. The van der Waals surface area contributed by atoms with Gasteiger partial charge in [-0.1, -0.05) is 11.2 Å². The number of piperidine rings is 1. The summed E-state index contributed by atoms with van der Waals surface area (Å²) in [5.74, 6) is 0.797. The SMILES string of the molecule is CN1CC2(CCCN(Cc3cc(-c4ccccn4)no3)C2)OC1=O. The van der Waals surface area contributed by atoms with E-state index in [0.717, 1.165) is 43.1 Å². The molecule has 0 aromatic carbocycles. The van der Waals surface area contributed by atoms with Crippen LogP contribution in [-0.4, -0.2) is 58.3 Å². The van der Waals surface area contributed by atoms with Gasteiger partial charge >= 0.3 is 6.09 Å². The Hall–Kier alpha value is -2.41. The first kappa shape index (κ1) is 15.1. The molecule has 2 aromatic rings. The van der Waals surface area contributed by atoms with Gasteiger partial charge < -0.3 is 14.2 Å². The summed E-state index contributed by atoms with van der Waals surface area (Å²) < 4.78 is 11.1. The average Bonchev–Trinajstić information content (AvgIpc) is 3.14. The van der Waals surface area contributed by atoms with E-state index in [1.807, 2.05) is 24.3 Å². The van der Waals surface area contributed by atoms with Gasteiger partial charge in [0.2, 0.25) is 0 Å². The third-order valence-corrected chi connectivity index (χ3v) is 4.63. The van der Waals surface area contributed by atoms with Crippen LogP contribution in [0.5, 0.6) is 0 Å². The fourth-order valence-corrected chi connectivity index (χ4v) is 3.57. The highest BCUT2D eigenvalue weighted by Gasteiger charge is 2.46. The van der Waals surface area contributed by atoms with E-state index in [1.54, 1.807) is 18.1 Å². The number of aromatic nitrogens is 2. The number of pyridine rings is 1. The predicted octanol–water partition coefficient (Wildman–Crippen LogP) is 2.15. The third-order valence-electron chi connectivity index (χ3n) is 4.63. The van der Waals surface area contributed by atoms with Crippen LogP contribution in [0.4, 0.5) is 4.79 Å². The largest absolute Gasteiger partial charge is 0.440 e. The number of rotatable bonds is 3. The van der Waals surface area contributed by atoms with Gasteiger partial charge in [0, 0.05) is 25.9 Å². The molecule has 4 rings (SSSR count). The molecule has 7 heteroatoms. The van der Waals surface area contributed by atoms with Crippen molar-refractivity contribution in [2.75, 3.05) is 26.7 Å². The van der Waals surface area contributed by atoms with Crippen LogP contribution in [-0.2, 0) is 11.3 Å². The molecule has 1 amide bonds. The molecular weight excluding hydrogens is 308 g/mol. The molecule has 1 unspecified atom stereocenters. The average molecular weight is 328 g/mol. The highest BCUT2D eigenvalue weighted by Crippen LogP contribution is 2.32. The van der Waals surface area contributed by atoms with Gasteiger partial charge in [0.1, 0.15) is 11.3 Å². The van der Waals surface area contributed by atoms with E-state index in [2.05, 4.69) is 15.0 Å². The van der Waals surface area contributed by atoms with E-state index in [4.69, 9.17) is 9.26 Å². The first-order valence-electron chi connectivity index (χ1n) is 8.17. The number of likely N-dealkylation sites (N-methyl/N-ethyl adjacent to an activating group) is 1. The zero-order valence-corrected chi connectivity index (χ0v) is 13.6. The number of hydrogen-bond donors (Lipinski definition) is 0. The van der Waals surface area contributed by atoms with Crippen LogP contribution < -0.4 is 0 Å². The number of hydrogen-bond acceptors (Lipinski definition) is 6. The zero-order chi connectivity index (χ0) is 16.6. The highest BCUT2D eigenvalue weighted by molar-refractivity contribution is 5.70. The van der Waals surface area contributed by atoms with Crippen LogP contribution in [0.15, 0.2) is 35.0 Å². The summed E-state index contributed by atoms with van der Waals surface area (Å²) in [6, 6.07) is 7.63. The Kier molecular flexibility index (Phi) is 3.72. The van der Waals surface area contributed by atoms with Gasteiger partial charge in [-0.2, -0.15) is 0 Å². The summed E-state index contributed by atoms with van der Waals surface area (Å²) in [6.07, 6.45) is 3.43. The minimum Gasteiger partial charge on any atom is -0.440 e. The van der Waals surface area contributed by atoms with Crippen molar-refractivity contribution < 1.29 is 14.1 Å². The molecule has 2 fully saturated rings. The Morgan fingerprint density at radius 1 is 1.29 bits per heavy atom. The molecule has 2 saturated heterocycles. The lowest BCUT2D eigenvalue weighted by Gasteiger charge is -2.37. The maximum absolute atomic E-state index is 11.7. The summed E-state index contributed by atoms with van der Waals surface area (Å²) in [5.41, 5.74) is 1.16. The van der Waals surface area contributed by atoms with Crippen LogP contribution >= 0.6 is 0 Å². The molecule has 1 atom stereocenters. The molecule has 4 heterocycles. The van der Waals surface area contributed by atoms with Crippen molar-refractivity contribution in [3.05, 3.63) is 36.2 Å². The first-order chi connectivity index (χ1) is 11.6. The molecule has 2 aliphatic rings. The van der Waals surface area contributed by atoms with Crippen LogP contribution in [0, 0.1) is 0 Å². The second-order valence-corrected chi connectivity index (χ2v) is 6.61. The Balaban J connectivity index is 1.44. The van der Waals surface area contributed by atoms with E-state index < -0.39 is 0 Å². The van der Waals surface area contributed by atoms with Crippen LogP contribution in [0.1, 0.15) is 18.6 Å². The number of ether oxygens (including phenoxy) is 1. The zero-order valence-electron chi connectivity index (χ0n) is 13.6. The number of carbonyl (C=O) groups is 1. The molecule has 2 aliphatic heterocycles. The molecule has 126 valence electrons. The van der Waals surface area contributed by atoms with Crippen molar-refractivity contribution >= 4 is 6.09 Å². The van der Waals surface area contributed by atoms with Gasteiger partial charge in [0.25, 0.3) is 0 Å². The molecule has 0 radical (unpaired) electrons. The number of likely N-dealkylation sites (tertiary alicyclic amines) is 1. The van der Waals surface area contributed by atoms with Gasteiger partial charge in [-0.25, -0.2) is 4.79 Å². The topological polar surface area (TPSA) is 71.7 Å². The summed E-state index contributed by atoms with van der Waals surface area (Å²) in [6.45, 7) is 2.99.